The van der Waals surface area contributed by atoms with Gasteiger partial charge in [-0.15, -0.1) is 0 Å². The van der Waals surface area contributed by atoms with E-state index in [0.717, 1.165) is 46.3 Å². The van der Waals surface area contributed by atoms with Crippen LogP contribution in [0.3, 0.4) is 0 Å². The van der Waals surface area contributed by atoms with E-state index in [1.807, 2.05) is 34.8 Å². The maximum Gasteiger partial charge on any atom is 0.306 e. The second kappa shape index (κ2) is 8.75. The highest BCUT2D eigenvalue weighted by atomic mass is 19.1. The van der Waals surface area contributed by atoms with E-state index in [2.05, 4.69) is 20.4 Å². The van der Waals surface area contributed by atoms with Crippen LogP contribution in [0.5, 0.6) is 0 Å². The van der Waals surface area contributed by atoms with Crippen molar-refractivity contribution in [2.24, 2.45) is 5.92 Å². The molecule has 0 radical (unpaired) electrons. The number of H-pyrrole nitrogens is 1. The monoisotopic (exact) mass is 484 g/mol. The predicted molar refractivity (Wildman–Crippen MR) is 135 cm³/mol. The fraction of sp³-hybridized carbons (Fsp3) is 0.259. The zero-order valence-corrected chi connectivity index (χ0v) is 19.7. The van der Waals surface area contributed by atoms with Gasteiger partial charge in [-0.1, -0.05) is 36.4 Å². The molecule has 0 atom stereocenters. The van der Waals surface area contributed by atoms with Crippen molar-refractivity contribution in [3.63, 3.8) is 0 Å². The highest BCUT2D eigenvalue weighted by molar-refractivity contribution is 5.99. The van der Waals surface area contributed by atoms with E-state index < -0.39 is 5.97 Å². The maximum absolute atomic E-state index is 14.6. The minimum absolute atomic E-state index is 0.0970. The van der Waals surface area contributed by atoms with E-state index in [4.69, 9.17) is 4.98 Å². The zero-order valence-electron chi connectivity index (χ0n) is 19.7. The third-order valence-corrected chi connectivity index (χ3v) is 7.21. The lowest BCUT2D eigenvalue weighted by Gasteiger charge is -2.24. The number of aromatic nitrogens is 5. The van der Waals surface area contributed by atoms with Crippen LogP contribution in [-0.4, -0.2) is 42.7 Å². The SMILES string of the molecule is CNc1ncnn2c1c(-c1cc3cccc(-c4ccccc4F)c3[nH]1)nc2[C@H]1CC[C@H](C(=O)O)CC1. The molecule has 0 aliphatic heterocycles. The van der Waals surface area contributed by atoms with Crippen molar-refractivity contribution in [2.75, 3.05) is 12.4 Å². The number of anilines is 1. The first kappa shape index (κ1) is 22.2. The van der Waals surface area contributed by atoms with Crippen molar-refractivity contribution in [3.05, 3.63) is 66.5 Å². The molecule has 9 heteroatoms. The number of rotatable bonds is 5. The number of imidazole rings is 1. The van der Waals surface area contributed by atoms with Gasteiger partial charge in [0.1, 0.15) is 29.2 Å². The van der Waals surface area contributed by atoms with Gasteiger partial charge in [0.15, 0.2) is 5.82 Å². The van der Waals surface area contributed by atoms with Gasteiger partial charge in [-0.3, -0.25) is 4.79 Å². The fourth-order valence-electron chi connectivity index (χ4n) is 5.38. The number of halogens is 1. The summed E-state index contributed by atoms with van der Waals surface area (Å²) >= 11 is 0. The van der Waals surface area contributed by atoms with Gasteiger partial charge in [-0.25, -0.2) is 18.9 Å². The fourth-order valence-corrected chi connectivity index (χ4v) is 5.38. The Balaban J connectivity index is 1.50. The van der Waals surface area contributed by atoms with Crippen molar-refractivity contribution in [1.29, 1.82) is 0 Å². The Hall–Kier alpha value is -4.27. The molecule has 0 spiro atoms. The minimum Gasteiger partial charge on any atom is -0.481 e. The van der Waals surface area contributed by atoms with Crippen molar-refractivity contribution in [3.8, 4) is 22.5 Å². The number of aromatic amines is 1. The molecular formula is C27H25FN6O2. The molecule has 0 unspecified atom stereocenters. The molecule has 36 heavy (non-hydrogen) atoms. The van der Waals surface area contributed by atoms with Gasteiger partial charge < -0.3 is 15.4 Å². The average molecular weight is 485 g/mol. The minimum atomic E-state index is -0.731. The first-order valence-electron chi connectivity index (χ1n) is 12.1. The summed E-state index contributed by atoms with van der Waals surface area (Å²) in [5.74, 6) is 0.228. The van der Waals surface area contributed by atoms with E-state index in [0.29, 0.717) is 29.9 Å². The molecule has 3 heterocycles. The lowest BCUT2D eigenvalue weighted by atomic mass is 9.82. The van der Waals surface area contributed by atoms with Crippen LogP contribution in [-0.2, 0) is 4.79 Å². The lowest BCUT2D eigenvalue weighted by molar-refractivity contribution is -0.142. The van der Waals surface area contributed by atoms with Crippen LogP contribution in [0.25, 0.3) is 38.9 Å². The molecule has 8 nitrogen and oxygen atoms in total. The molecular weight excluding hydrogens is 459 g/mol. The molecule has 2 aromatic carbocycles. The average Bonchev–Trinajstić information content (AvgIpc) is 3.51. The molecule has 182 valence electrons. The molecule has 0 bridgehead atoms. The summed E-state index contributed by atoms with van der Waals surface area (Å²) in [4.78, 5) is 24.4. The largest absolute Gasteiger partial charge is 0.481 e. The zero-order chi connectivity index (χ0) is 24.8. The lowest BCUT2D eigenvalue weighted by Crippen LogP contribution is -2.21. The Morgan fingerprint density at radius 2 is 1.89 bits per heavy atom. The van der Waals surface area contributed by atoms with Crippen LogP contribution in [0.15, 0.2) is 54.9 Å². The third kappa shape index (κ3) is 3.59. The highest BCUT2D eigenvalue weighted by Crippen LogP contribution is 2.40. The second-order valence-electron chi connectivity index (χ2n) is 9.26. The molecule has 6 rings (SSSR count). The van der Waals surface area contributed by atoms with Gasteiger partial charge in [-0.05, 0) is 37.8 Å². The van der Waals surface area contributed by atoms with Crippen LogP contribution in [0.2, 0.25) is 0 Å². The number of benzene rings is 2. The summed E-state index contributed by atoms with van der Waals surface area (Å²) in [7, 11) is 1.80. The second-order valence-corrected chi connectivity index (χ2v) is 9.26. The van der Waals surface area contributed by atoms with Crippen molar-refractivity contribution in [1.82, 2.24) is 24.6 Å². The molecule has 1 saturated carbocycles. The first-order valence-corrected chi connectivity index (χ1v) is 12.1. The van der Waals surface area contributed by atoms with E-state index in [9.17, 15) is 14.3 Å². The highest BCUT2D eigenvalue weighted by Gasteiger charge is 2.31. The number of aliphatic carboxylic acids is 1. The van der Waals surface area contributed by atoms with Gasteiger partial charge in [0.2, 0.25) is 0 Å². The number of hydrogen-bond donors (Lipinski definition) is 3. The van der Waals surface area contributed by atoms with Crippen LogP contribution in [0.4, 0.5) is 10.2 Å². The number of carboxylic acids is 1. The van der Waals surface area contributed by atoms with E-state index in [-0.39, 0.29) is 17.7 Å². The Kier molecular flexibility index (Phi) is 5.40. The Morgan fingerprint density at radius 1 is 1.11 bits per heavy atom. The predicted octanol–water partition coefficient (Wildman–Crippen LogP) is 5.48. The van der Waals surface area contributed by atoms with Crippen LogP contribution in [0.1, 0.15) is 37.4 Å². The topological polar surface area (TPSA) is 108 Å². The number of nitrogens with zero attached hydrogens (tertiary/aromatic N) is 4. The van der Waals surface area contributed by atoms with E-state index >= 15 is 0 Å². The number of carboxylic acid groups (broad SMARTS) is 1. The summed E-state index contributed by atoms with van der Waals surface area (Å²) < 4.78 is 16.5. The van der Waals surface area contributed by atoms with E-state index in [1.165, 1.54) is 12.4 Å². The van der Waals surface area contributed by atoms with E-state index in [1.54, 1.807) is 19.2 Å². The first-order chi connectivity index (χ1) is 17.5. The maximum atomic E-state index is 14.6. The smallest absolute Gasteiger partial charge is 0.306 e. The van der Waals surface area contributed by atoms with Crippen LogP contribution >= 0.6 is 0 Å². The standard InChI is InChI=1S/C27H25FN6O2/c1-29-25-24-23(33-26(34(24)31-14-30-25)15-9-11-16(12-10-15)27(35)36)21-13-17-5-4-7-19(22(17)32-21)18-6-2-3-8-20(18)28/h2-8,13-16,32H,9-12H2,1H3,(H,35,36)(H,29,30,31)/t15-,16-. The Labute approximate surface area is 206 Å². The molecule has 5 aromatic rings. The van der Waals surface area contributed by atoms with Crippen LogP contribution < -0.4 is 5.32 Å². The van der Waals surface area contributed by atoms with Crippen molar-refractivity contribution < 1.29 is 14.3 Å². The summed E-state index contributed by atoms with van der Waals surface area (Å²) in [6, 6.07) is 14.6. The molecule has 0 amide bonds. The van der Waals surface area contributed by atoms with Crippen molar-refractivity contribution >= 4 is 28.2 Å². The summed E-state index contributed by atoms with van der Waals surface area (Å²) in [6.45, 7) is 0. The van der Waals surface area contributed by atoms with Gasteiger partial charge >= 0.3 is 5.97 Å². The van der Waals surface area contributed by atoms with Gasteiger partial charge in [-0.2, -0.15) is 5.10 Å². The molecule has 1 aliphatic carbocycles. The third-order valence-electron chi connectivity index (χ3n) is 7.21. The number of hydrogen-bond acceptors (Lipinski definition) is 5. The van der Waals surface area contributed by atoms with Gasteiger partial charge in [0.05, 0.1) is 17.1 Å². The normalized spacial score (nSPS) is 18.1. The Bertz CT molecular complexity index is 1600. The van der Waals surface area contributed by atoms with Crippen molar-refractivity contribution in [2.45, 2.75) is 31.6 Å². The number of nitrogens with one attached hydrogen (secondary N) is 2. The molecule has 0 saturated heterocycles. The van der Waals surface area contributed by atoms with Gasteiger partial charge in [0, 0.05) is 29.5 Å². The van der Waals surface area contributed by atoms with Gasteiger partial charge in [0.25, 0.3) is 0 Å². The number of fused-ring (bicyclic) bond motifs is 2. The summed E-state index contributed by atoms with van der Waals surface area (Å²) in [5.41, 5.74) is 4.35. The molecule has 1 aliphatic rings. The number of para-hydroxylation sites is 1. The summed E-state index contributed by atoms with van der Waals surface area (Å²) in [5, 5.41) is 18.0. The summed E-state index contributed by atoms with van der Waals surface area (Å²) in [6.07, 6.45) is 4.20. The molecule has 3 aromatic heterocycles. The molecule has 1 fully saturated rings. The quantitative estimate of drug-likeness (QED) is 0.305. The Morgan fingerprint density at radius 3 is 2.64 bits per heavy atom. The molecule has 3 N–H and O–H groups in total. The van der Waals surface area contributed by atoms with Crippen LogP contribution in [0, 0.1) is 11.7 Å². The number of carbonyl (C=O) groups is 1.